The second kappa shape index (κ2) is 3.22. The van der Waals surface area contributed by atoms with Gasteiger partial charge in [0.1, 0.15) is 18.2 Å². The number of anilines is 1. The zero-order chi connectivity index (χ0) is 9.10. The van der Waals surface area contributed by atoms with Crippen molar-refractivity contribution in [2.24, 2.45) is 0 Å². The molecule has 0 aliphatic rings. The minimum Gasteiger partial charge on any atom is -0.382 e. The van der Waals surface area contributed by atoms with E-state index in [2.05, 4.69) is 15.1 Å². The van der Waals surface area contributed by atoms with E-state index in [1.807, 2.05) is 0 Å². The van der Waals surface area contributed by atoms with Crippen molar-refractivity contribution < 1.29 is 0 Å². The van der Waals surface area contributed by atoms with Gasteiger partial charge in [0.05, 0.1) is 0 Å². The SMILES string of the molecule is Nc1ccn(Cc2ncccn2)n1. The normalized spacial score (nSPS) is 10.2. The van der Waals surface area contributed by atoms with Crippen molar-refractivity contribution in [1.29, 1.82) is 0 Å². The van der Waals surface area contributed by atoms with E-state index >= 15 is 0 Å². The van der Waals surface area contributed by atoms with Gasteiger partial charge in [-0.05, 0) is 12.1 Å². The van der Waals surface area contributed by atoms with Gasteiger partial charge in [-0.25, -0.2) is 9.97 Å². The van der Waals surface area contributed by atoms with Crippen molar-refractivity contribution in [3.8, 4) is 0 Å². The predicted molar refractivity (Wildman–Crippen MR) is 47.8 cm³/mol. The Morgan fingerprint density at radius 1 is 1.31 bits per heavy atom. The van der Waals surface area contributed by atoms with E-state index < -0.39 is 0 Å². The van der Waals surface area contributed by atoms with Gasteiger partial charge >= 0.3 is 0 Å². The van der Waals surface area contributed by atoms with Crippen molar-refractivity contribution in [1.82, 2.24) is 19.7 Å². The highest BCUT2D eigenvalue weighted by Gasteiger charge is 1.97. The van der Waals surface area contributed by atoms with Crippen molar-refractivity contribution in [3.05, 3.63) is 36.5 Å². The summed E-state index contributed by atoms with van der Waals surface area (Å²) in [4.78, 5) is 8.14. The fourth-order valence-corrected chi connectivity index (χ4v) is 1.02. The van der Waals surface area contributed by atoms with Crippen LogP contribution in [0.25, 0.3) is 0 Å². The molecule has 0 unspecified atom stereocenters. The average Bonchev–Trinajstić information content (AvgIpc) is 2.53. The van der Waals surface area contributed by atoms with Crippen LogP contribution in [-0.4, -0.2) is 19.7 Å². The van der Waals surface area contributed by atoms with E-state index in [4.69, 9.17) is 5.73 Å². The molecule has 2 N–H and O–H groups in total. The van der Waals surface area contributed by atoms with Crippen LogP contribution in [0.4, 0.5) is 5.82 Å². The van der Waals surface area contributed by atoms with Crippen LogP contribution in [0.3, 0.4) is 0 Å². The molecule has 13 heavy (non-hydrogen) atoms. The van der Waals surface area contributed by atoms with E-state index in [0.717, 1.165) is 5.82 Å². The molecule has 0 bridgehead atoms. The van der Waals surface area contributed by atoms with E-state index in [9.17, 15) is 0 Å². The molecule has 0 atom stereocenters. The first-order valence-corrected chi connectivity index (χ1v) is 3.89. The molecular formula is C8H9N5. The van der Waals surface area contributed by atoms with Crippen molar-refractivity contribution in [2.75, 3.05) is 5.73 Å². The summed E-state index contributed by atoms with van der Waals surface area (Å²) in [5.41, 5.74) is 5.46. The molecule has 0 saturated heterocycles. The van der Waals surface area contributed by atoms with Crippen LogP contribution >= 0.6 is 0 Å². The summed E-state index contributed by atoms with van der Waals surface area (Å²) in [5.74, 6) is 1.24. The predicted octanol–water partition coefficient (Wildman–Crippen LogP) is 0.304. The van der Waals surface area contributed by atoms with Crippen LogP contribution in [0.5, 0.6) is 0 Å². The topological polar surface area (TPSA) is 69.6 Å². The van der Waals surface area contributed by atoms with Gasteiger partial charge in [0.2, 0.25) is 0 Å². The third kappa shape index (κ3) is 1.81. The number of hydrogen-bond donors (Lipinski definition) is 1. The molecule has 0 spiro atoms. The van der Waals surface area contributed by atoms with Gasteiger partial charge in [0.25, 0.3) is 0 Å². The second-order valence-corrected chi connectivity index (χ2v) is 2.60. The summed E-state index contributed by atoms with van der Waals surface area (Å²) in [7, 11) is 0. The first kappa shape index (κ1) is 7.72. The van der Waals surface area contributed by atoms with Gasteiger partial charge in [0, 0.05) is 18.6 Å². The number of hydrogen-bond acceptors (Lipinski definition) is 4. The molecule has 0 aliphatic carbocycles. The molecule has 2 aromatic heterocycles. The summed E-state index contributed by atoms with van der Waals surface area (Å²) >= 11 is 0. The van der Waals surface area contributed by atoms with Gasteiger partial charge in [-0.3, -0.25) is 4.68 Å². The second-order valence-electron chi connectivity index (χ2n) is 2.60. The van der Waals surface area contributed by atoms with Crippen LogP contribution < -0.4 is 5.73 Å². The van der Waals surface area contributed by atoms with Gasteiger partial charge in [-0.15, -0.1) is 0 Å². The zero-order valence-electron chi connectivity index (χ0n) is 6.96. The molecule has 0 aliphatic heterocycles. The maximum atomic E-state index is 5.46. The Bertz CT molecular complexity index is 380. The van der Waals surface area contributed by atoms with Crippen LogP contribution in [0.2, 0.25) is 0 Å². The molecule has 0 amide bonds. The fraction of sp³-hybridized carbons (Fsp3) is 0.125. The van der Waals surface area contributed by atoms with Crippen molar-refractivity contribution in [2.45, 2.75) is 6.54 Å². The maximum Gasteiger partial charge on any atom is 0.149 e. The Kier molecular flexibility index (Phi) is 1.91. The highest BCUT2D eigenvalue weighted by molar-refractivity contribution is 5.23. The molecule has 2 aromatic rings. The zero-order valence-corrected chi connectivity index (χ0v) is 6.96. The third-order valence-corrected chi connectivity index (χ3v) is 1.58. The lowest BCUT2D eigenvalue weighted by Gasteiger charge is -1.98. The van der Waals surface area contributed by atoms with Gasteiger partial charge in [-0.2, -0.15) is 5.10 Å². The van der Waals surface area contributed by atoms with E-state index in [1.165, 1.54) is 0 Å². The van der Waals surface area contributed by atoms with Crippen LogP contribution in [0, 0.1) is 0 Å². The molecule has 66 valence electrons. The quantitative estimate of drug-likeness (QED) is 0.712. The first-order chi connectivity index (χ1) is 6.34. The Morgan fingerprint density at radius 2 is 2.08 bits per heavy atom. The molecule has 0 radical (unpaired) electrons. The minimum absolute atomic E-state index is 0.510. The largest absolute Gasteiger partial charge is 0.382 e. The van der Waals surface area contributed by atoms with Crippen LogP contribution in [-0.2, 0) is 6.54 Å². The number of nitrogens with zero attached hydrogens (tertiary/aromatic N) is 4. The van der Waals surface area contributed by atoms with Crippen molar-refractivity contribution >= 4 is 5.82 Å². The lowest BCUT2D eigenvalue weighted by atomic mass is 10.5. The molecule has 0 fully saturated rings. The lowest BCUT2D eigenvalue weighted by Crippen LogP contribution is -2.04. The Morgan fingerprint density at radius 3 is 2.69 bits per heavy atom. The molecule has 2 rings (SSSR count). The van der Waals surface area contributed by atoms with Crippen LogP contribution in [0.1, 0.15) is 5.82 Å². The number of aromatic nitrogens is 4. The standard InChI is InChI=1S/C8H9N5/c9-7-2-5-13(12-7)6-8-10-3-1-4-11-8/h1-5H,6H2,(H2,9,12). The first-order valence-electron chi connectivity index (χ1n) is 3.89. The number of rotatable bonds is 2. The minimum atomic E-state index is 0.510. The monoisotopic (exact) mass is 175 g/mol. The Hall–Kier alpha value is -1.91. The molecule has 5 heteroatoms. The molecule has 2 heterocycles. The molecular weight excluding hydrogens is 166 g/mol. The summed E-state index contributed by atoms with van der Waals surface area (Å²) in [6, 6.07) is 3.52. The molecule has 5 nitrogen and oxygen atoms in total. The maximum absolute atomic E-state index is 5.46. The summed E-state index contributed by atoms with van der Waals surface area (Å²) in [6.45, 7) is 0.554. The average molecular weight is 175 g/mol. The number of nitrogen functional groups attached to an aromatic ring is 1. The fourth-order valence-electron chi connectivity index (χ4n) is 1.02. The smallest absolute Gasteiger partial charge is 0.149 e. The Labute approximate surface area is 75.2 Å². The Balaban J connectivity index is 2.15. The summed E-state index contributed by atoms with van der Waals surface area (Å²) in [5, 5.41) is 4.02. The van der Waals surface area contributed by atoms with E-state index in [0.29, 0.717) is 12.4 Å². The van der Waals surface area contributed by atoms with Gasteiger partial charge in [-0.1, -0.05) is 0 Å². The number of nitrogens with two attached hydrogens (primary N) is 1. The summed E-state index contributed by atoms with van der Waals surface area (Å²) < 4.78 is 1.70. The molecule has 0 saturated carbocycles. The highest BCUT2D eigenvalue weighted by Crippen LogP contribution is 1.98. The lowest BCUT2D eigenvalue weighted by molar-refractivity contribution is 0.658. The van der Waals surface area contributed by atoms with Crippen LogP contribution in [0.15, 0.2) is 30.7 Å². The van der Waals surface area contributed by atoms with E-state index in [1.54, 1.807) is 35.4 Å². The van der Waals surface area contributed by atoms with Gasteiger partial charge in [0.15, 0.2) is 0 Å². The van der Waals surface area contributed by atoms with Crippen molar-refractivity contribution in [3.63, 3.8) is 0 Å². The van der Waals surface area contributed by atoms with E-state index in [-0.39, 0.29) is 0 Å². The highest BCUT2D eigenvalue weighted by atomic mass is 15.3. The molecule has 0 aromatic carbocycles. The third-order valence-electron chi connectivity index (χ3n) is 1.58. The van der Waals surface area contributed by atoms with Gasteiger partial charge < -0.3 is 5.73 Å². The summed E-state index contributed by atoms with van der Waals surface area (Å²) in [6.07, 6.45) is 5.20.